The Kier molecular flexibility index (Phi) is 10.3. The molecule has 0 saturated carbocycles. The highest BCUT2D eigenvalue weighted by atomic mass is 127. The average molecular weight is 501 g/mol. The maximum atomic E-state index is 5.89. The fourth-order valence-electron chi connectivity index (χ4n) is 2.40. The van der Waals surface area contributed by atoms with E-state index in [2.05, 4.69) is 15.6 Å². The van der Waals surface area contributed by atoms with Gasteiger partial charge >= 0.3 is 0 Å². The van der Waals surface area contributed by atoms with Crippen LogP contribution in [0.25, 0.3) is 0 Å². The third kappa shape index (κ3) is 6.99. The third-order valence-corrected chi connectivity index (χ3v) is 3.82. The minimum atomic E-state index is -0.0534. The maximum Gasteiger partial charge on any atom is 0.195 e. The second-order valence-corrected chi connectivity index (χ2v) is 5.75. The van der Waals surface area contributed by atoms with Gasteiger partial charge in [0.2, 0.25) is 0 Å². The molecule has 0 aliphatic rings. The second-order valence-electron chi connectivity index (χ2n) is 5.75. The summed E-state index contributed by atoms with van der Waals surface area (Å²) in [6.45, 7) is 2.57. The largest absolute Gasteiger partial charge is 0.497 e. The van der Waals surface area contributed by atoms with E-state index >= 15 is 0 Å². The number of nitrogens with one attached hydrogen (secondary N) is 2. The number of nitrogens with zero attached hydrogens (tertiary/aromatic N) is 1. The van der Waals surface area contributed by atoms with Crippen LogP contribution in [-0.4, -0.2) is 47.0 Å². The van der Waals surface area contributed by atoms with Crippen molar-refractivity contribution < 1.29 is 18.9 Å². The molecule has 0 radical (unpaired) electrons. The van der Waals surface area contributed by atoms with E-state index in [-0.39, 0.29) is 30.1 Å². The molecule has 2 rings (SSSR count). The van der Waals surface area contributed by atoms with Crippen molar-refractivity contribution in [3.63, 3.8) is 0 Å². The van der Waals surface area contributed by atoms with Crippen molar-refractivity contribution in [2.45, 2.75) is 13.0 Å². The third-order valence-electron chi connectivity index (χ3n) is 3.82. The smallest absolute Gasteiger partial charge is 0.195 e. The second kappa shape index (κ2) is 12.2. The Morgan fingerprint density at radius 1 is 0.929 bits per heavy atom. The van der Waals surface area contributed by atoms with E-state index in [4.69, 9.17) is 18.9 Å². The number of rotatable bonds is 8. The van der Waals surface area contributed by atoms with Gasteiger partial charge in [0, 0.05) is 18.8 Å². The van der Waals surface area contributed by atoms with Gasteiger partial charge in [-0.2, -0.15) is 0 Å². The number of hydrogen-bond acceptors (Lipinski definition) is 5. The summed E-state index contributed by atoms with van der Waals surface area (Å²) >= 11 is 0. The van der Waals surface area contributed by atoms with E-state index in [0.29, 0.717) is 24.0 Å². The van der Waals surface area contributed by atoms with Gasteiger partial charge < -0.3 is 29.6 Å². The van der Waals surface area contributed by atoms with Crippen LogP contribution < -0.4 is 29.6 Å². The molecule has 2 aromatic rings. The first kappa shape index (κ1) is 23.7. The van der Waals surface area contributed by atoms with Gasteiger partial charge in [0.15, 0.2) is 17.5 Å². The van der Waals surface area contributed by atoms with E-state index in [1.54, 1.807) is 28.4 Å². The Morgan fingerprint density at radius 3 is 2.14 bits per heavy atom. The van der Waals surface area contributed by atoms with Gasteiger partial charge in [-0.15, -0.1) is 24.0 Å². The summed E-state index contributed by atoms with van der Waals surface area (Å²) in [5.41, 5.74) is 0.837. The zero-order chi connectivity index (χ0) is 19.6. The zero-order valence-electron chi connectivity index (χ0n) is 16.8. The van der Waals surface area contributed by atoms with Gasteiger partial charge in [-0.3, -0.25) is 4.99 Å². The lowest BCUT2D eigenvalue weighted by atomic mass is 10.2. The highest BCUT2D eigenvalue weighted by molar-refractivity contribution is 14.0. The first-order chi connectivity index (χ1) is 13.1. The molecule has 8 heteroatoms. The molecule has 1 unspecified atom stereocenters. The average Bonchev–Trinajstić information content (AvgIpc) is 2.71. The maximum absolute atomic E-state index is 5.89. The predicted molar refractivity (Wildman–Crippen MR) is 123 cm³/mol. The summed E-state index contributed by atoms with van der Waals surface area (Å²) in [6.07, 6.45) is -0.0534. The van der Waals surface area contributed by atoms with Crippen LogP contribution in [0.4, 0.5) is 5.69 Å². The van der Waals surface area contributed by atoms with Crippen molar-refractivity contribution in [1.29, 1.82) is 0 Å². The molecule has 0 saturated heterocycles. The lowest BCUT2D eigenvalue weighted by Crippen LogP contribution is -2.37. The van der Waals surface area contributed by atoms with Crippen LogP contribution in [-0.2, 0) is 0 Å². The van der Waals surface area contributed by atoms with E-state index in [9.17, 15) is 0 Å². The number of ether oxygens (including phenoxy) is 4. The van der Waals surface area contributed by atoms with Crippen molar-refractivity contribution >= 4 is 35.6 Å². The van der Waals surface area contributed by atoms with Gasteiger partial charge in [0.25, 0.3) is 0 Å². The Labute approximate surface area is 183 Å². The molecule has 28 heavy (non-hydrogen) atoms. The van der Waals surface area contributed by atoms with Gasteiger partial charge in [0.1, 0.15) is 17.6 Å². The van der Waals surface area contributed by atoms with Crippen molar-refractivity contribution in [3.8, 4) is 23.0 Å². The SMILES string of the molecule is CN=C(NCC(C)Oc1ccc(OC)cc1)Nc1ccc(OC)c(OC)c1.I. The molecule has 0 amide bonds. The molecule has 0 fully saturated rings. The van der Waals surface area contributed by atoms with Crippen LogP contribution in [0, 0.1) is 0 Å². The van der Waals surface area contributed by atoms with Gasteiger partial charge in [-0.05, 0) is 43.3 Å². The number of benzene rings is 2. The highest BCUT2D eigenvalue weighted by Gasteiger charge is 2.08. The zero-order valence-corrected chi connectivity index (χ0v) is 19.1. The number of aliphatic imine (C=N–C) groups is 1. The number of guanidine groups is 1. The van der Waals surface area contributed by atoms with Crippen LogP contribution in [0.3, 0.4) is 0 Å². The van der Waals surface area contributed by atoms with E-state index in [1.807, 2.05) is 49.4 Å². The molecule has 0 aliphatic carbocycles. The van der Waals surface area contributed by atoms with Crippen molar-refractivity contribution in [2.75, 3.05) is 40.2 Å². The fourth-order valence-corrected chi connectivity index (χ4v) is 2.40. The minimum absolute atomic E-state index is 0. The molecule has 0 spiro atoms. The first-order valence-corrected chi connectivity index (χ1v) is 8.60. The van der Waals surface area contributed by atoms with Crippen molar-refractivity contribution in [3.05, 3.63) is 42.5 Å². The normalized spacial score (nSPS) is 11.7. The van der Waals surface area contributed by atoms with Gasteiger partial charge in [-0.1, -0.05) is 0 Å². The molecule has 0 aliphatic heterocycles. The minimum Gasteiger partial charge on any atom is -0.497 e. The van der Waals surface area contributed by atoms with Crippen LogP contribution in [0.2, 0.25) is 0 Å². The number of anilines is 1. The van der Waals surface area contributed by atoms with Crippen LogP contribution in [0.15, 0.2) is 47.5 Å². The quantitative estimate of drug-likeness (QED) is 0.326. The molecule has 2 N–H and O–H groups in total. The molecule has 1 atom stereocenters. The highest BCUT2D eigenvalue weighted by Crippen LogP contribution is 2.29. The van der Waals surface area contributed by atoms with Gasteiger partial charge in [0.05, 0.1) is 27.9 Å². The van der Waals surface area contributed by atoms with Crippen LogP contribution in [0.1, 0.15) is 6.92 Å². The Hall–Kier alpha value is -2.36. The molecular formula is C20H28IN3O4. The lowest BCUT2D eigenvalue weighted by Gasteiger charge is -2.18. The Balaban J connectivity index is 0.00000392. The number of methoxy groups -OCH3 is 3. The fraction of sp³-hybridized carbons (Fsp3) is 0.350. The van der Waals surface area contributed by atoms with Crippen molar-refractivity contribution in [1.82, 2.24) is 5.32 Å². The molecule has 2 aromatic carbocycles. The first-order valence-electron chi connectivity index (χ1n) is 8.60. The monoisotopic (exact) mass is 501 g/mol. The summed E-state index contributed by atoms with van der Waals surface area (Å²) in [5, 5.41) is 6.46. The van der Waals surface area contributed by atoms with Crippen LogP contribution in [0.5, 0.6) is 23.0 Å². The summed E-state index contributed by atoms with van der Waals surface area (Å²) in [7, 11) is 6.56. The topological polar surface area (TPSA) is 73.3 Å². The molecule has 0 aromatic heterocycles. The summed E-state index contributed by atoms with van der Waals surface area (Å²) in [4.78, 5) is 4.23. The Morgan fingerprint density at radius 2 is 1.57 bits per heavy atom. The molecule has 0 heterocycles. The molecular weight excluding hydrogens is 473 g/mol. The Bertz CT molecular complexity index is 754. The summed E-state index contributed by atoms with van der Waals surface area (Å²) < 4.78 is 21.6. The standard InChI is InChI=1S/C20H27N3O4.HI/c1-14(27-17-9-7-16(24-3)8-10-17)13-22-20(21-2)23-15-6-11-18(25-4)19(12-15)26-5;/h6-12,14H,13H2,1-5H3,(H2,21,22,23);1H. The van der Waals surface area contributed by atoms with Gasteiger partial charge in [-0.25, -0.2) is 0 Å². The number of halogens is 1. The molecule has 154 valence electrons. The lowest BCUT2D eigenvalue weighted by molar-refractivity contribution is 0.224. The van der Waals surface area contributed by atoms with E-state index in [0.717, 1.165) is 17.2 Å². The van der Waals surface area contributed by atoms with E-state index < -0.39 is 0 Å². The predicted octanol–water partition coefficient (Wildman–Crippen LogP) is 3.79. The van der Waals surface area contributed by atoms with Crippen molar-refractivity contribution in [2.24, 2.45) is 4.99 Å². The van der Waals surface area contributed by atoms with E-state index in [1.165, 1.54) is 0 Å². The summed E-state index contributed by atoms with van der Waals surface area (Å²) in [5.74, 6) is 3.54. The van der Waals surface area contributed by atoms with Crippen LogP contribution >= 0.6 is 24.0 Å². The summed E-state index contributed by atoms with van der Waals surface area (Å²) in [6, 6.07) is 13.1. The number of hydrogen-bond donors (Lipinski definition) is 2. The molecule has 0 bridgehead atoms. The molecule has 7 nitrogen and oxygen atoms in total.